The molecule has 1 aromatic carbocycles. The van der Waals surface area contributed by atoms with Crippen LogP contribution in [0.5, 0.6) is 0 Å². The lowest BCUT2D eigenvalue weighted by molar-refractivity contribution is -0.134. The third-order valence-electron chi connectivity index (χ3n) is 4.94. The minimum Gasteiger partial charge on any atom is -0.335 e. The number of likely N-dealkylation sites (N-methyl/N-ethyl adjacent to an activating group) is 1. The molecule has 24 heavy (non-hydrogen) atoms. The van der Waals surface area contributed by atoms with Gasteiger partial charge in [0.1, 0.15) is 0 Å². The highest BCUT2D eigenvalue weighted by Gasteiger charge is 2.30. The Bertz CT molecular complexity index is 690. The summed E-state index contributed by atoms with van der Waals surface area (Å²) in [6.45, 7) is 10.9. The number of carbonyl (C=O) groups is 1. The van der Waals surface area contributed by atoms with Crippen LogP contribution in [-0.4, -0.2) is 27.1 Å². The van der Waals surface area contributed by atoms with Gasteiger partial charge in [-0.2, -0.15) is 5.10 Å². The Morgan fingerprint density at radius 2 is 1.83 bits per heavy atom. The van der Waals surface area contributed by atoms with Crippen molar-refractivity contribution in [2.75, 3.05) is 6.54 Å². The molecule has 0 aliphatic carbocycles. The molecule has 1 heterocycles. The van der Waals surface area contributed by atoms with Crippen molar-refractivity contribution in [2.24, 2.45) is 7.05 Å². The Balaban J connectivity index is 2.34. The normalized spacial score (nSPS) is 13.6. The number of aromatic nitrogens is 2. The molecule has 0 spiro atoms. The van der Waals surface area contributed by atoms with Gasteiger partial charge in [-0.15, -0.1) is 0 Å². The number of hydrogen-bond donors (Lipinski definition) is 0. The predicted molar refractivity (Wildman–Crippen MR) is 98.0 cm³/mol. The van der Waals surface area contributed by atoms with Crippen LogP contribution in [-0.2, 0) is 11.8 Å². The minimum absolute atomic E-state index is 0.114. The maximum absolute atomic E-state index is 13.3. The molecule has 0 saturated heterocycles. The fraction of sp³-hybridized carbons (Fsp3) is 0.500. The maximum atomic E-state index is 13.3. The van der Waals surface area contributed by atoms with Gasteiger partial charge in [0.15, 0.2) is 0 Å². The predicted octanol–water partition coefficient (Wildman–Crippen LogP) is 4.14. The zero-order valence-electron chi connectivity index (χ0n) is 15.7. The fourth-order valence-corrected chi connectivity index (χ4v) is 3.63. The Kier molecular flexibility index (Phi) is 5.81. The molecule has 2 atom stereocenters. The lowest BCUT2D eigenvalue weighted by Gasteiger charge is -2.33. The number of amides is 1. The van der Waals surface area contributed by atoms with Crippen LogP contribution in [0.3, 0.4) is 0 Å². The van der Waals surface area contributed by atoms with Gasteiger partial charge in [-0.1, -0.05) is 37.3 Å². The monoisotopic (exact) mass is 327 g/mol. The standard InChI is InChI=1S/C20H29N3O/c1-7-18(17-12-10-9-11-13-17)23(8-2)20(24)14(3)19-15(4)21-22(6)16(19)5/h9-14,18H,7-8H2,1-6H3/t14-,18+/m1/s1. The number of hydrogen-bond acceptors (Lipinski definition) is 2. The van der Waals surface area contributed by atoms with Crippen molar-refractivity contribution in [3.63, 3.8) is 0 Å². The number of rotatable bonds is 6. The number of benzene rings is 1. The van der Waals surface area contributed by atoms with E-state index in [9.17, 15) is 4.79 Å². The molecule has 2 aromatic rings. The molecule has 0 aliphatic rings. The van der Waals surface area contributed by atoms with E-state index in [1.807, 2.05) is 55.6 Å². The van der Waals surface area contributed by atoms with Crippen molar-refractivity contribution in [1.82, 2.24) is 14.7 Å². The van der Waals surface area contributed by atoms with Gasteiger partial charge in [0.2, 0.25) is 5.91 Å². The molecular formula is C20H29N3O. The summed E-state index contributed by atoms with van der Waals surface area (Å²) >= 11 is 0. The van der Waals surface area contributed by atoms with Crippen LogP contribution in [0.15, 0.2) is 30.3 Å². The van der Waals surface area contributed by atoms with Crippen molar-refractivity contribution in [2.45, 2.75) is 53.0 Å². The second kappa shape index (κ2) is 7.65. The van der Waals surface area contributed by atoms with Gasteiger partial charge in [0, 0.05) is 24.8 Å². The van der Waals surface area contributed by atoms with Crippen molar-refractivity contribution in [3.8, 4) is 0 Å². The van der Waals surface area contributed by atoms with Gasteiger partial charge in [0.05, 0.1) is 17.7 Å². The highest BCUT2D eigenvalue weighted by atomic mass is 16.2. The lowest BCUT2D eigenvalue weighted by Crippen LogP contribution is -2.37. The largest absolute Gasteiger partial charge is 0.335 e. The van der Waals surface area contributed by atoms with Crippen molar-refractivity contribution >= 4 is 5.91 Å². The second-order valence-electron chi connectivity index (χ2n) is 6.39. The van der Waals surface area contributed by atoms with Crippen LogP contribution in [0.1, 0.15) is 61.7 Å². The summed E-state index contributed by atoms with van der Waals surface area (Å²) in [5, 5.41) is 4.47. The van der Waals surface area contributed by atoms with Gasteiger partial charge < -0.3 is 4.90 Å². The summed E-state index contributed by atoms with van der Waals surface area (Å²) < 4.78 is 1.86. The summed E-state index contributed by atoms with van der Waals surface area (Å²) in [6, 6.07) is 10.4. The van der Waals surface area contributed by atoms with E-state index < -0.39 is 0 Å². The van der Waals surface area contributed by atoms with E-state index in [1.165, 1.54) is 5.56 Å². The zero-order valence-corrected chi connectivity index (χ0v) is 15.7. The summed E-state index contributed by atoms with van der Waals surface area (Å²) in [7, 11) is 1.93. The summed E-state index contributed by atoms with van der Waals surface area (Å²) in [6.07, 6.45) is 0.904. The van der Waals surface area contributed by atoms with E-state index in [4.69, 9.17) is 0 Å². The first-order chi connectivity index (χ1) is 11.4. The molecule has 4 nitrogen and oxygen atoms in total. The summed E-state index contributed by atoms with van der Waals surface area (Å²) in [5.74, 6) is -0.0104. The Morgan fingerprint density at radius 1 is 1.21 bits per heavy atom. The van der Waals surface area contributed by atoms with Crippen LogP contribution in [0.4, 0.5) is 0 Å². The van der Waals surface area contributed by atoms with E-state index in [-0.39, 0.29) is 17.9 Å². The Hall–Kier alpha value is -2.10. The van der Waals surface area contributed by atoms with Crippen LogP contribution < -0.4 is 0 Å². The third-order valence-corrected chi connectivity index (χ3v) is 4.94. The third kappa shape index (κ3) is 3.37. The van der Waals surface area contributed by atoms with Crippen LogP contribution in [0.25, 0.3) is 0 Å². The number of aryl methyl sites for hydroxylation is 2. The Labute approximate surface area is 145 Å². The molecular weight excluding hydrogens is 298 g/mol. The molecule has 0 unspecified atom stereocenters. The van der Waals surface area contributed by atoms with E-state index in [0.717, 1.165) is 23.4 Å². The quantitative estimate of drug-likeness (QED) is 0.800. The number of carbonyl (C=O) groups excluding carboxylic acids is 1. The van der Waals surface area contributed by atoms with Crippen molar-refractivity contribution in [3.05, 3.63) is 52.8 Å². The van der Waals surface area contributed by atoms with E-state index in [0.29, 0.717) is 6.54 Å². The van der Waals surface area contributed by atoms with Crippen LogP contribution >= 0.6 is 0 Å². The molecule has 0 bridgehead atoms. The fourth-order valence-electron chi connectivity index (χ4n) is 3.63. The lowest BCUT2D eigenvalue weighted by atomic mass is 9.95. The summed E-state index contributed by atoms with van der Waals surface area (Å²) in [4.78, 5) is 15.3. The molecule has 4 heteroatoms. The molecule has 2 rings (SSSR count). The second-order valence-corrected chi connectivity index (χ2v) is 6.39. The topological polar surface area (TPSA) is 38.1 Å². The van der Waals surface area contributed by atoms with E-state index >= 15 is 0 Å². The minimum atomic E-state index is -0.184. The summed E-state index contributed by atoms with van der Waals surface area (Å²) in [5.41, 5.74) is 4.27. The Morgan fingerprint density at radius 3 is 2.29 bits per heavy atom. The highest BCUT2D eigenvalue weighted by Crippen LogP contribution is 2.30. The van der Waals surface area contributed by atoms with Crippen LogP contribution in [0.2, 0.25) is 0 Å². The van der Waals surface area contributed by atoms with Gasteiger partial charge in [-0.25, -0.2) is 0 Å². The molecule has 1 amide bonds. The molecule has 0 aliphatic heterocycles. The molecule has 0 N–H and O–H groups in total. The smallest absolute Gasteiger partial charge is 0.230 e. The first-order valence-corrected chi connectivity index (χ1v) is 8.77. The first-order valence-electron chi connectivity index (χ1n) is 8.77. The molecule has 130 valence electrons. The number of nitrogens with zero attached hydrogens (tertiary/aromatic N) is 3. The van der Waals surface area contributed by atoms with E-state index in [1.54, 1.807) is 0 Å². The SMILES string of the molecule is CC[C@@H](c1ccccc1)N(CC)C(=O)[C@H](C)c1c(C)nn(C)c1C. The van der Waals surface area contributed by atoms with E-state index in [2.05, 4.69) is 31.1 Å². The van der Waals surface area contributed by atoms with Gasteiger partial charge in [-0.3, -0.25) is 9.48 Å². The molecule has 0 radical (unpaired) electrons. The average molecular weight is 327 g/mol. The molecule has 1 aromatic heterocycles. The molecule has 0 fully saturated rings. The molecule has 0 saturated carbocycles. The maximum Gasteiger partial charge on any atom is 0.230 e. The average Bonchev–Trinajstić information content (AvgIpc) is 2.84. The highest BCUT2D eigenvalue weighted by molar-refractivity contribution is 5.84. The van der Waals surface area contributed by atoms with Gasteiger partial charge >= 0.3 is 0 Å². The zero-order chi connectivity index (χ0) is 17.9. The van der Waals surface area contributed by atoms with Crippen molar-refractivity contribution < 1.29 is 4.79 Å². The van der Waals surface area contributed by atoms with Crippen molar-refractivity contribution in [1.29, 1.82) is 0 Å². The van der Waals surface area contributed by atoms with Crippen LogP contribution in [0, 0.1) is 13.8 Å². The van der Waals surface area contributed by atoms with Gasteiger partial charge in [0.25, 0.3) is 0 Å². The first kappa shape index (κ1) is 18.2. The van der Waals surface area contributed by atoms with Gasteiger partial charge in [-0.05, 0) is 39.7 Å².